The van der Waals surface area contributed by atoms with Gasteiger partial charge in [0.25, 0.3) is 5.91 Å². The molecule has 0 saturated heterocycles. The van der Waals surface area contributed by atoms with E-state index in [9.17, 15) is 9.59 Å². The molecule has 1 aromatic heterocycles. The maximum atomic E-state index is 12.0. The SMILES string of the molecule is CN(C(=O)c1c[nH]c(=O)[nH]1)C(CN)C1CC1. The van der Waals surface area contributed by atoms with Crippen molar-refractivity contribution in [2.24, 2.45) is 11.7 Å². The smallest absolute Gasteiger partial charge is 0.323 e. The Kier molecular flexibility index (Phi) is 2.82. The lowest BCUT2D eigenvalue weighted by atomic mass is 10.1. The molecule has 1 heterocycles. The molecule has 88 valence electrons. The number of hydrogen-bond donors (Lipinski definition) is 3. The molecule has 6 heteroatoms. The van der Waals surface area contributed by atoms with Crippen LogP contribution in [0.2, 0.25) is 0 Å². The lowest BCUT2D eigenvalue weighted by molar-refractivity contribution is 0.0713. The van der Waals surface area contributed by atoms with Crippen LogP contribution in [0.1, 0.15) is 23.3 Å². The van der Waals surface area contributed by atoms with Gasteiger partial charge in [-0.2, -0.15) is 0 Å². The molecule has 6 nitrogen and oxygen atoms in total. The molecule has 1 unspecified atom stereocenters. The molecule has 1 aromatic rings. The minimum atomic E-state index is -0.368. The van der Waals surface area contributed by atoms with Crippen LogP contribution < -0.4 is 11.4 Å². The number of imidazole rings is 1. The van der Waals surface area contributed by atoms with E-state index in [2.05, 4.69) is 9.97 Å². The summed E-state index contributed by atoms with van der Waals surface area (Å²) >= 11 is 0. The molecule has 16 heavy (non-hydrogen) atoms. The first-order chi connectivity index (χ1) is 7.63. The average molecular weight is 224 g/mol. The Labute approximate surface area is 92.8 Å². The van der Waals surface area contributed by atoms with Crippen molar-refractivity contribution >= 4 is 5.91 Å². The van der Waals surface area contributed by atoms with Crippen LogP contribution >= 0.6 is 0 Å². The first-order valence-electron chi connectivity index (χ1n) is 5.38. The summed E-state index contributed by atoms with van der Waals surface area (Å²) in [7, 11) is 1.73. The first-order valence-corrected chi connectivity index (χ1v) is 5.38. The van der Waals surface area contributed by atoms with Crippen LogP contribution in [0.25, 0.3) is 0 Å². The van der Waals surface area contributed by atoms with E-state index in [-0.39, 0.29) is 23.3 Å². The molecule has 1 fully saturated rings. The Bertz CT molecular complexity index is 432. The van der Waals surface area contributed by atoms with E-state index in [0.29, 0.717) is 12.5 Å². The maximum absolute atomic E-state index is 12.0. The summed E-state index contributed by atoms with van der Waals surface area (Å²) in [5.74, 6) is 0.324. The molecule has 0 spiro atoms. The van der Waals surface area contributed by atoms with E-state index < -0.39 is 0 Å². The topological polar surface area (TPSA) is 95.0 Å². The summed E-state index contributed by atoms with van der Waals surface area (Å²) in [6, 6.07) is 0.0749. The van der Waals surface area contributed by atoms with Crippen molar-refractivity contribution in [1.29, 1.82) is 0 Å². The van der Waals surface area contributed by atoms with Gasteiger partial charge in [-0.15, -0.1) is 0 Å². The Morgan fingerprint density at radius 2 is 2.38 bits per heavy atom. The van der Waals surface area contributed by atoms with E-state index in [1.54, 1.807) is 11.9 Å². The van der Waals surface area contributed by atoms with Crippen molar-refractivity contribution in [3.63, 3.8) is 0 Å². The maximum Gasteiger partial charge on any atom is 0.323 e. The molecular weight excluding hydrogens is 208 g/mol. The second-order valence-corrected chi connectivity index (χ2v) is 4.21. The number of nitrogens with zero attached hydrogens (tertiary/aromatic N) is 1. The normalized spacial score (nSPS) is 17.1. The van der Waals surface area contributed by atoms with E-state index >= 15 is 0 Å². The average Bonchev–Trinajstić information content (AvgIpc) is 3.00. The fourth-order valence-corrected chi connectivity index (χ4v) is 1.94. The van der Waals surface area contributed by atoms with E-state index in [0.717, 1.165) is 12.8 Å². The number of nitrogens with two attached hydrogens (primary N) is 1. The van der Waals surface area contributed by atoms with Gasteiger partial charge in [-0.1, -0.05) is 0 Å². The summed E-state index contributed by atoms with van der Waals surface area (Å²) in [5.41, 5.74) is 5.58. The summed E-state index contributed by atoms with van der Waals surface area (Å²) in [5, 5.41) is 0. The van der Waals surface area contributed by atoms with E-state index in [1.807, 2.05) is 0 Å². The highest BCUT2D eigenvalue weighted by Crippen LogP contribution is 2.34. The number of rotatable bonds is 4. The highest BCUT2D eigenvalue weighted by molar-refractivity contribution is 5.92. The molecule has 4 N–H and O–H groups in total. The molecule has 1 amide bonds. The predicted molar refractivity (Wildman–Crippen MR) is 59.1 cm³/mol. The fraction of sp³-hybridized carbons (Fsp3) is 0.600. The van der Waals surface area contributed by atoms with Gasteiger partial charge in [0.05, 0.1) is 0 Å². The Hall–Kier alpha value is -1.56. The zero-order chi connectivity index (χ0) is 11.7. The number of nitrogens with one attached hydrogen (secondary N) is 2. The summed E-state index contributed by atoms with van der Waals surface area (Å²) in [6.45, 7) is 0.460. The van der Waals surface area contributed by atoms with Crippen molar-refractivity contribution in [1.82, 2.24) is 14.9 Å². The number of amides is 1. The minimum Gasteiger partial charge on any atom is -0.336 e. The Morgan fingerprint density at radius 3 is 2.81 bits per heavy atom. The van der Waals surface area contributed by atoms with Crippen molar-refractivity contribution < 1.29 is 4.79 Å². The van der Waals surface area contributed by atoms with Crippen LogP contribution in [0.5, 0.6) is 0 Å². The zero-order valence-electron chi connectivity index (χ0n) is 9.19. The highest BCUT2D eigenvalue weighted by Gasteiger charge is 2.35. The van der Waals surface area contributed by atoms with Crippen LogP contribution in [-0.2, 0) is 0 Å². The summed E-state index contributed by atoms with van der Waals surface area (Å²) in [6.07, 6.45) is 3.65. The van der Waals surface area contributed by atoms with Gasteiger partial charge in [-0.05, 0) is 18.8 Å². The highest BCUT2D eigenvalue weighted by atomic mass is 16.2. The van der Waals surface area contributed by atoms with Gasteiger partial charge in [0.15, 0.2) is 0 Å². The van der Waals surface area contributed by atoms with Crippen LogP contribution in [0.3, 0.4) is 0 Å². The third kappa shape index (κ3) is 2.01. The fourth-order valence-electron chi connectivity index (χ4n) is 1.94. The standard InChI is InChI=1S/C10H16N4O2/c1-14(8(4-11)6-2-3-6)9(15)7-5-12-10(16)13-7/h5-6,8H,2-4,11H2,1H3,(H2,12,13,16). The molecular formula is C10H16N4O2. The van der Waals surface area contributed by atoms with Crippen LogP contribution in [0, 0.1) is 5.92 Å². The Morgan fingerprint density at radius 1 is 1.69 bits per heavy atom. The van der Waals surface area contributed by atoms with Gasteiger partial charge in [0, 0.05) is 25.8 Å². The monoisotopic (exact) mass is 224 g/mol. The van der Waals surface area contributed by atoms with Crippen molar-refractivity contribution in [2.75, 3.05) is 13.6 Å². The third-order valence-corrected chi connectivity index (χ3v) is 3.05. The van der Waals surface area contributed by atoms with Crippen molar-refractivity contribution in [2.45, 2.75) is 18.9 Å². The Balaban J connectivity index is 2.11. The van der Waals surface area contributed by atoms with Gasteiger partial charge in [-0.3, -0.25) is 4.79 Å². The number of H-pyrrole nitrogens is 2. The quantitative estimate of drug-likeness (QED) is 0.644. The van der Waals surface area contributed by atoms with Crippen LogP contribution in [-0.4, -0.2) is 40.4 Å². The zero-order valence-corrected chi connectivity index (χ0v) is 9.19. The molecule has 1 saturated carbocycles. The molecule has 1 aliphatic rings. The largest absolute Gasteiger partial charge is 0.336 e. The second-order valence-electron chi connectivity index (χ2n) is 4.21. The summed E-state index contributed by atoms with van der Waals surface area (Å²) < 4.78 is 0. The van der Waals surface area contributed by atoms with Crippen LogP contribution in [0.15, 0.2) is 11.0 Å². The number of carbonyl (C=O) groups is 1. The third-order valence-electron chi connectivity index (χ3n) is 3.05. The molecule has 0 radical (unpaired) electrons. The molecule has 0 bridgehead atoms. The van der Waals surface area contributed by atoms with Crippen LogP contribution in [0.4, 0.5) is 0 Å². The van der Waals surface area contributed by atoms with Gasteiger partial charge in [0.1, 0.15) is 5.69 Å². The van der Waals surface area contributed by atoms with E-state index in [1.165, 1.54) is 6.20 Å². The predicted octanol–water partition coefficient (Wildman–Crippen LogP) is -0.488. The molecule has 1 aliphatic carbocycles. The van der Waals surface area contributed by atoms with Gasteiger partial charge in [0.2, 0.25) is 0 Å². The number of likely N-dealkylation sites (N-methyl/N-ethyl adjacent to an activating group) is 1. The molecule has 1 atom stereocenters. The van der Waals surface area contributed by atoms with Crippen molar-refractivity contribution in [3.05, 3.63) is 22.4 Å². The molecule has 2 rings (SSSR count). The lowest BCUT2D eigenvalue weighted by Crippen LogP contribution is -2.43. The minimum absolute atomic E-state index is 0.0749. The first kappa shape index (κ1) is 10.9. The molecule has 0 aromatic carbocycles. The van der Waals surface area contributed by atoms with Crippen molar-refractivity contribution in [3.8, 4) is 0 Å². The van der Waals surface area contributed by atoms with E-state index in [4.69, 9.17) is 5.73 Å². The van der Waals surface area contributed by atoms with Gasteiger partial charge >= 0.3 is 5.69 Å². The van der Waals surface area contributed by atoms with Gasteiger partial charge in [-0.25, -0.2) is 4.79 Å². The number of carbonyl (C=O) groups excluding carboxylic acids is 1. The number of hydrogen-bond acceptors (Lipinski definition) is 3. The van der Waals surface area contributed by atoms with Gasteiger partial charge < -0.3 is 20.6 Å². The molecule has 0 aliphatic heterocycles. The lowest BCUT2D eigenvalue weighted by Gasteiger charge is -2.26. The second kappa shape index (κ2) is 4.13. The summed E-state index contributed by atoms with van der Waals surface area (Å²) in [4.78, 5) is 29.4. The number of aromatic amines is 2. The number of aromatic nitrogens is 2.